The van der Waals surface area contributed by atoms with Crippen molar-refractivity contribution < 1.29 is 27.1 Å². The molecule has 0 aliphatic heterocycles. The molecule has 0 bridgehead atoms. The van der Waals surface area contributed by atoms with Crippen LogP contribution in [0.2, 0.25) is 0 Å². The normalized spacial score (nSPS) is 11.6. The molecule has 0 amide bonds. The van der Waals surface area contributed by atoms with Gasteiger partial charge in [-0.2, -0.15) is 18.3 Å². The number of carbonyl (C=O) groups is 1. The van der Waals surface area contributed by atoms with Crippen LogP contribution in [0.25, 0.3) is 16.9 Å². The molecule has 2 heterocycles. The van der Waals surface area contributed by atoms with Crippen LogP contribution in [-0.4, -0.2) is 27.3 Å². The lowest BCUT2D eigenvalue weighted by Gasteiger charge is -2.11. The lowest BCUT2D eigenvalue weighted by Crippen LogP contribution is -2.11. The van der Waals surface area contributed by atoms with Gasteiger partial charge in [-0.15, -0.1) is 0 Å². The van der Waals surface area contributed by atoms with Crippen molar-refractivity contribution >= 4 is 5.97 Å². The Morgan fingerprint density at radius 1 is 1.27 bits per heavy atom. The largest absolute Gasteiger partial charge is 0.461 e. The molecule has 136 valence electrons. The lowest BCUT2D eigenvalue weighted by atomic mass is 10.1. The molecular weight excluding hydrogens is 354 g/mol. The van der Waals surface area contributed by atoms with Gasteiger partial charge in [0, 0.05) is 18.0 Å². The molecule has 0 unspecified atom stereocenters. The van der Waals surface area contributed by atoms with Crippen molar-refractivity contribution in [2.24, 2.45) is 0 Å². The van der Waals surface area contributed by atoms with E-state index in [0.29, 0.717) is 23.4 Å². The number of aromatic amines is 1. The van der Waals surface area contributed by atoms with Gasteiger partial charge >= 0.3 is 12.1 Å². The fraction of sp³-hybridized carbons (Fsp3) is 0.176. The Bertz CT molecular complexity index is 930. The molecular formula is C17H13F4N3O2. The minimum Gasteiger partial charge on any atom is -0.461 e. The van der Waals surface area contributed by atoms with Gasteiger partial charge in [-0.3, -0.25) is 0 Å². The number of benzene rings is 1. The third-order valence-corrected chi connectivity index (χ3v) is 3.59. The first kappa shape index (κ1) is 17.7. The standard InChI is InChI=1S/C17H13F4N3O2/c1-2-26-16(25)14-8-15(10-5-6-22-9-10)24(23-14)11-3-4-13(18)12(7-11)17(19,20)21/h3-9,22H,2H2,1H3. The summed E-state index contributed by atoms with van der Waals surface area (Å²) in [5, 5.41) is 4.05. The lowest BCUT2D eigenvalue weighted by molar-refractivity contribution is -0.140. The molecule has 3 aromatic rings. The summed E-state index contributed by atoms with van der Waals surface area (Å²) in [5.74, 6) is -2.09. The summed E-state index contributed by atoms with van der Waals surface area (Å²) in [6.45, 7) is 1.75. The third kappa shape index (κ3) is 3.32. The van der Waals surface area contributed by atoms with Crippen molar-refractivity contribution in [3.63, 3.8) is 0 Å². The molecule has 1 N–H and O–H groups in total. The van der Waals surface area contributed by atoms with Gasteiger partial charge in [0.05, 0.1) is 23.6 Å². The average Bonchev–Trinajstić information content (AvgIpc) is 3.24. The number of rotatable bonds is 4. The zero-order chi connectivity index (χ0) is 18.9. The highest BCUT2D eigenvalue weighted by Gasteiger charge is 2.34. The Labute approximate surface area is 145 Å². The summed E-state index contributed by atoms with van der Waals surface area (Å²) in [6, 6.07) is 5.58. The Kier molecular flexibility index (Phi) is 4.54. The van der Waals surface area contributed by atoms with Crippen LogP contribution in [0.4, 0.5) is 17.6 Å². The number of hydrogen-bond donors (Lipinski definition) is 1. The van der Waals surface area contributed by atoms with Crippen LogP contribution >= 0.6 is 0 Å². The number of aromatic nitrogens is 3. The van der Waals surface area contributed by atoms with Crippen LogP contribution in [0.15, 0.2) is 42.7 Å². The second kappa shape index (κ2) is 6.66. The van der Waals surface area contributed by atoms with E-state index in [1.165, 1.54) is 6.07 Å². The fourth-order valence-electron chi connectivity index (χ4n) is 2.43. The maximum Gasteiger partial charge on any atom is 0.419 e. The minimum absolute atomic E-state index is 0.0366. The Balaban J connectivity index is 2.16. The first-order valence-corrected chi connectivity index (χ1v) is 7.58. The van der Waals surface area contributed by atoms with Gasteiger partial charge in [0.1, 0.15) is 5.82 Å². The van der Waals surface area contributed by atoms with Crippen LogP contribution < -0.4 is 0 Å². The third-order valence-electron chi connectivity index (χ3n) is 3.59. The molecule has 0 fully saturated rings. The second-order valence-corrected chi connectivity index (χ2v) is 5.31. The molecule has 0 spiro atoms. The number of alkyl halides is 3. The van der Waals surface area contributed by atoms with Crippen LogP contribution in [0.3, 0.4) is 0 Å². The maximum atomic E-state index is 13.6. The van der Waals surface area contributed by atoms with Crippen LogP contribution in [0.1, 0.15) is 23.0 Å². The van der Waals surface area contributed by atoms with E-state index in [-0.39, 0.29) is 18.0 Å². The van der Waals surface area contributed by atoms with Gasteiger partial charge in [-0.1, -0.05) is 0 Å². The van der Waals surface area contributed by atoms with Crippen LogP contribution in [0, 0.1) is 5.82 Å². The Morgan fingerprint density at radius 2 is 2.04 bits per heavy atom. The van der Waals surface area contributed by atoms with Crippen molar-refractivity contribution in [2.75, 3.05) is 6.61 Å². The smallest absolute Gasteiger partial charge is 0.419 e. The first-order chi connectivity index (χ1) is 12.3. The van der Waals surface area contributed by atoms with Gasteiger partial charge in [0.2, 0.25) is 0 Å². The van der Waals surface area contributed by atoms with Crippen molar-refractivity contribution in [3.8, 4) is 16.9 Å². The van der Waals surface area contributed by atoms with Crippen molar-refractivity contribution in [1.82, 2.24) is 14.8 Å². The summed E-state index contributed by atoms with van der Waals surface area (Å²) < 4.78 is 58.6. The molecule has 5 nitrogen and oxygen atoms in total. The van der Waals surface area contributed by atoms with Gasteiger partial charge in [0.25, 0.3) is 0 Å². The van der Waals surface area contributed by atoms with E-state index >= 15 is 0 Å². The van der Waals surface area contributed by atoms with E-state index in [4.69, 9.17) is 4.74 Å². The molecule has 3 rings (SSSR count). The van der Waals surface area contributed by atoms with Crippen molar-refractivity contribution in [1.29, 1.82) is 0 Å². The highest BCUT2D eigenvalue weighted by Crippen LogP contribution is 2.33. The van der Waals surface area contributed by atoms with Gasteiger partial charge in [0.15, 0.2) is 5.69 Å². The molecule has 2 aromatic heterocycles. The fourth-order valence-corrected chi connectivity index (χ4v) is 2.43. The zero-order valence-corrected chi connectivity index (χ0v) is 13.5. The molecule has 0 atom stereocenters. The molecule has 9 heteroatoms. The zero-order valence-electron chi connectivity index (χ0n) is 13.5. The predicted octanol–water partition coefficient (Wildman–Crippen LogP) is 4.20. The van der Waals surface area contributed by atoms with E-state index in [1.54, 1.807) is 25.4 Å². The average molecular weight is 367 g/mol. The molecule has 0 saturated heterocycles. The topological polar surface area (TPSA) is 59.9 Å². The van der Waals surface area contributed by atoms with Crippen molar-refractivity contribution in [2.45, 2.75) is 13.1 Å². The minimum atomic E-state index is -4.86. The summed E-state index contributed by atoms with van der Waals surface area (Å²) in [5.41, 5.74) is -0.574. The number of esters is 1. The number of nitrogens with zero attached hydrogens (tertiary/aromatic N) is 2. The number of ether oxygens (including phenoxy) is 1. The molecule has 0 radical (unpaired) electrons. The summed E-state index contributed by atoms with van der Waals surface area (Å²) in [4.78, 5) is 14.8. The van der Waals surface area contributed by atoms with Crippen LogP contribution in [-0.2, 0) is 10.9 Å². The van der Waals surface area contributed by atoms with Gasteiger partial charge in [-0.25, -0.2) is 13.9 Å². The van der Waals surface area contributed by atoms with Gasteiger partial charge in [-0.05, 0) is 37.3 Å². The summed E-state index contributed by atoms with van der Waals surface area (Å²) in [7, 11) is 0. The molecule has 0 saturated carbocycles. The molecule has 26 heavy (non-hydrogen) atoms. The Morgan fingerprint density at radius 3 is 2.65 bits per heavy atom. The van der Waals surface area contributed by atoms with E-state index in [2.05, 4.69) is 10.1 Å². The van der Waals surface area contributed by atoms with Gasteiger partial charge < -0.3 is 9.72 Å². The summed E-state index contributed by atoms with van der Waals surface area (Å²) in [6.07, 6.45) is -1.65. The van der Waals surface area contributed by atoms with E-state index in [1.807, 2.05) is 0 Å². The second-order valence-electron chi connectivity index (χ2n) is 5.31. The van der Waals surface area contributed by atoms with E-state index in [9.17, 15) is 22.4 Å². The van der Waals surface area contributed by atoms with E-state index in [0.717, 1.165) is 10.7 Å². The van der Waals surface area contributed by atoms with E-state index < -0.39 is 23.5 Å². The SMILES string of the molecule is CCOC(=O)c1cc(-c2cc[nH]c2)n(-c2ccc(F)c(C(F)(F)F)c2)n1. The first-order valence-electron chi connectivity index (χ1n) is 7.58. The number of H-pyrrole nitrogens is 1. The molecule has 0 aliphatic carbocycles. The number of carbonyl (C=O) groups excluding carboxylic acids is 1. The molecule has 0 aliphatic rings. The molecule has 1 aromatic carbocycles. The quantitative estimate of drug-likeness (QED) is 0.555. The highest BCUT2D eigenvalue weighted by atomic mass is 19.4. The number of hydrogen-bond acceptors (Lipinski definition) is 3. The predicted molar refractivity (Wildman–Crippen MR) is 84.3 cm³/mol. The van der Waals surface area contributed by atoms with Crippen molar-refractivity contribution in [3.05, 3.63) is 59.8 Å². The monoisotopic (exact) mass is 367 g/mol. The number of halogens is 4. The number of nitrogens with one attached hydrogen (secondary N) is 1. The summed E-state index contributed by atoms with van der Waals surface area (Å²) >= 11 is 0. The maximum absolute atomic E-state index is 13.6. The van der Waals surface area contributed by atoms with Crippen LogP contribution in [0.5, 0.6) is 0 Å². The Hall–Kier alpha value is -3.10. The highest BCUT2D eigenvalue weighted by molar-refractivity contribution is 5.89.